The smallest absolute Gasteiger partial charge is 0.195 e. The third kappa shape index (κ3) is 5.85. The van der Waals surface area contributed by atoms with Gasteiger partial charge in [-0.05, 0) is 76.7 Å². The number of aryl methyl sites for hydroxylation is 1. The van der Waals surface area contributed by atoms with Crippen molar-refractivity contribution in [2.45, 2.75) is 50.9 Å². The molecule has 0 aliphatic carbocycles. The molecule has 8 aromatic carbocycles. The minimum atomic E-state index is -1.65. The van der Waals surface area contributed by atoms with E-state index in [1.165, 1.54) is 109 Å². The van der Waals surface area contributed by atoms with Gasteiger partial charge in [0.15, 0.2) is 23.3 Å². The molecule has 5 heterocycles. The Balaban J connectivity index is 1.21. The van der Waals surface area contributed by atoms with Crippen LogP contribution in [-0.4, -0.2) is 12.6 Å². The zero-order valence-electron chi connectivity index (χ0n) is 37.1. The summed E-state index contributed by atoms with van der Waals surface area (Å²) in [7, 11) is -1.65. The molecule has 13 rings (SSSR count). The van der Waals surface area contributed by atoms with Crippen LogP contribution < -0.4 is 14.3 Å². The van der Waals surface area contributed by atoms with Crippen molar-refractivity contribution in [1.82, 2.24) is 4.57 Å². The highest BCUT2D eigenvalue weighted by Gasteiger charge is 2.45. The van der Waals surface area contributed by atoms with Crippen LogP contribution in [0.15, 0.2) is 189 Å². The van der Waals surface area contributed by atoms with Gasteiger partial charge in [0.2, 0.25) is 5.69 Å². The Kier molecular flexibility index (Phi) is 8.62. The van der Waals surface area contributed by atoms with E-state index in [1.54, 1.807) is 0 Å². The highest BCUT2D eigenvalue weighted by Crippen LogP contribution is 2.49. The van der Waals surface area contributed by atoms with Crippen LogP contribution in [0.25, 0.3) is 97.9 Å². The molecule has 65 heavy (non-hydrogen) atoms. The summed E-state index contributed by atoms with van der Waals surface area (Å²) in [5.41, 5.74) is 13.9. The summed E-state index contributed by atoms with van der Waals surface area (Å²) in [5, 5.41) is 9.01. The molecule has 0 bridgehead atoms. The second kappa shape index (κ2) is 14.5. The summed E-state index contributed by atoms with van der Waals surface area (Å²) in [4.78, 5) is 0. The molecule has 2 unspecified atom stereocenters. The molecule has 0 amide bonds. The zero-order chi connectivity index (χ0) is 43.6. The van der Waals surface area contributed by atoms with Crippen molar-refractivity contribution < 1.29 is 9.13 Å². The summed E-state index contributed by atoms with van der Waals surface area (Å²) < 4.78 is 10.6. The number of hydrogen-bond donors (Lipinski definition) is 0. The van der Waals surface area contributed by atoms with Crippen LogP contribution in [0.2, 0.25) is 19.6 Å². The maximum Gasteiger partial charge on any atom is 0.301 e. The van der Waals surface area contributed by atoms with Crippen LogP contribution >= 0.6 is 11.3 Å². The van der Waals surface area contributed by atoms with Gasteiger partial charge in [-0.15, -0.1) is 11.3 Å². The summed E-state index contributed by atoms with van der Waals surface area (Å²) in [6.45, 7) is 12.7. The van der Waals surface area contributed by atoms with Gasteiger partial charge in [0.25, 0.3) is 0 Å². The lowest BCUT2D eigenvalue weighted by molar-refractivity contribution is -0.719. The molecule has 0 radical (unpaired) electrons. The van der Waals surface area contributed by atoms with Gasteiger partial charge in [0, 0.05) is 54.5 Å². The van der Waals surface area contributed by atoms with Crippen molar-refractivity contribution >= 4 is 83.0 Å². The van der Waals surface area contributed by atoms with Crippen LogP contribution in [0.1, 0.15) is 35.9 Å². The Hall–Kier alpha value is -6.92. The van der Waals surface area contributed by atoms with Gasteiger partial charge in [-0.25, -0.2) is 0 Å². The van der Waals surface area contributed by atoms with Gasteiger partial charge in [0.05, 0.1) is 24.8 Å². The van der Waals surface area contributed by atoms with Gasteiger partial charge in [-0.2, -0.15) is 13.7 Å². The molecule has 5 heteroatoms. The van der Waals surface area contributed by atoms with Crippen molar-refractivity contribution in [2.75, 3.05) is 0 Å². The molecule has 0 saturated heterocycles. The normalized spacial score (nSPS) is 16.1. The van der Waals surface area contributed by atoms with E-state index in [1.807, 2.05) is 11.3 Å². The van der Waals surface area contributed by atoms with Crippen LogP contribution in [-0.2, 0) is 6.42 Å². The number of hydrogen-bond acceptors (Lipinski definition) is 1. The first kappa shape index (κ1) is 38.5. The monoisotopic (exact) mass is 871 g/mol. The number of allylic oxidation sites excluding steroid dienone is 1. The first-order valence-electron chi connectivity index (χ1n) is 23.1. The highest BCUT2D eigenvalue weighted by atomic mass is 32.1. The molecule has 3 aromatic heterocycles. The molecule has 2 atom stereocenters. The first-order chi connectivity index (χ1) is 31.8. The second-order valence-electron chi connectivity index (χ2n) is 19.3. The van der Waals surface area contributed by atoms with Crippen LogP contribution in [0.5, 0.6) is 0 Å². The molecule has 0 saturated carbocycles. The van der Waals surface area contributed by atoms with Crippen molar-refractivity contribution in [1.29, 1.82) is 0 Å². The number of pyridine rings is 1. The fourth-order valence-electron chi connectivity index (χ4n) is 11.5. The van der Waals surface area contributed by atoms with E-state index in [0.29, 0.717) is 5.92 Å². The Morgan fingerprint density at radius 3 is 2.17 bits per heavy atom. The Labute approximate surface area is 384 Å². The fraction of sp³-hybridized carbons (Fsp3) is 0.133. The predicted molar refractivity (Wildman–Crippen MR) is 277 cm³/mol. The lowest BCUT2D eigenvalue weighted by Gasteiger charge is -2.32. The van der Waals surface area contributed by atoms with E-state index in [2.05, 4.69) is 215 Å². The van der Waals surface area contributed by atoms with Crippen LogP contribution in [0.4, 0.5) is 0 Å². The van der Waals surface area contributed by atoms with Crippen molar-refractivity contribution in [3.63, 3.8) is 0 Å². The molecule has 0 N–H and O–H groups in total. The topological polar surface area (TPSA) is 12.7 Å². The average molecular weight is 872 g/mol. The summed E-state index contributed by atoms with van der Waals surface area (Å²) in [5.74, 6) is 1.47. The predicted octanol–water partition coefficient (Wildman–Crippen LogP) is 14.6. The van der Waals surface area contributed by atoms with Gasteiger partial charge in [-0.1, -0.05) is 160 Å². The average Bonchev–Trinajstić information content (AvgIpc) is 3.89. The Morgan fingerprint density at radius 2 is 1.34 bits per heavy atom. The fourth-order valence-corrected chi connectivity index (χ4v) is 13.9. The Morgan fingerprint density at radius 1 is 0.631 bits per heavy atom. The van der Waals surface area contributed by atoms with E-state index >= 15 is 0 Å². The number of imidazole rings is 1. The van der Waals surface area contributed by atoms with E-state index in [9.17, 15) is 0 Å². The van der Waals surface area contributed by atoms with Crippen molar-refractivity contribution in [3.8, 4) is 39.5 Å². The standard InChI is InChI=1S/C60H49N3SSi/c1-38-36-54-49(47-22-12-13-23-48(47)52-35-30-43(37-61(52)54)65(2,3)4)32-27-42-28-33-51-50-24-14-15-25-55(50)64-59(51)56(42)60-62(38)58-45-21-11-9-19-41(45)29-34-53(58)63(60)57-44-20-10-8-18-40(44)26-31-46(57)39-16-6-5-7-17-39/h5-26,28-31,33-35,37,49,54H,1,27,32,36H2,2-4H3/q+2. The third-order valence-electron chi connectivity index (χ3n) is 14.6. The third-order valence-corrected chi connectivity index (χ3v) is 17.9. The van der Waals surface area contributed by atoms with Crippen LogP contribution in [0, 0.1) is 0 Å². The molecule has 2 aliphatic rings. The SMILES string of the molecule is C=C1CC2C(CCc3ccc4c(sc5ccccc54)c3-c3n(-c4c(-c5ccccc5)ccc5ccccc45)c4ccc5ccccc5c4[n+]31)c1ccccc1-c1ccc([Si](C)(C)C)c[n+]12. The van der Waals surface area contributed by atoms with E-state index in [0.717, 1.165) is 25.0 Å². The largest absolute Gasteiger partial charge is 0.301 e. The van der Waals surface area contributed by atoms with E-state index in [4.69, 9.17) is 6.58 Å². The molecular formula is C60H49N3SSi+2. The molecule has 2 aliphatic heterocycles. The number of fused-ring (bicyclic) bond motifs is 18. The summed E-state index contributed by atoms with van der Waals surface area (Å²) >= 11 is 1.94. The van der Waals surface area contributed by atoms with Crippen LogP contribution in [0.3, 0.4) is 0 Å². The molecule has 11 aromatic rings. The van der Waals surface area contributed by atoms with E-state index in [-0.39, 0.29) is 6.04 Å². The van der Waals surface area contributed by atoms with Gasteiger partial charge in [0.1, 0.15) is 11.4 Å². The molecule has 0 spiro atoms. The lowest BCUT2D eigenvalue weighted by atomic mass is 9.77. The zero-order valence-corrected chi connectivity index (χ0v) is 38.9. The molecule has 0 fully saturated rings. The first-order valence-corrected chi connectivity index (χ1v) is 27.5. The summed E-state index contributed by atoms with van der Waals surface area (Å²) in [6.07, 6.45) is 5.29. The minimum absolute atomic E-state index is 0.171. The van der Waals surface area contributed by atoms with Crippen molar-refractivity contribution in [2.24, 2.45) is 0 Å². The molecule has 312 valence electrons. The maximum atomic E-state index is 5.27. The molecule has 3 nitrogen and oxygen atoms in total. The number of rotatable bonds is 3. The Bertz CT molecular complexity index is 3780. The molecular weight excluding hydrogens is 823 g/mol. The lowest BCUT2D eigenvalue weighted by Crippen LogP contribution is -2.53. The number of aromatic nitrogens is 3. The van der Waals surface area contributed by atoms with Gasteiger partial charge in [-0.3, -0.25) is 0 Å². The quantitative estimate of drug-likeness (QED) is 0.124. The summed E-state index contributed by atoms with van der Waals surface area (Å²) in [6, 6.07) is 66.4. The number of nitrogens with zero attached hydrogens (tertiary/aromatic N) is 3. The minimum Gasteiger partial charge on any atom is -0.195 e. The van der Waals surface area contributed by atoms with E-state index < -0.39 is 8.07 Å². The van der Waals surface area contributed by atoms with Gasteiger partial charge < -0.3 is 0 Å². The van der Waals surface area contributed by atoms with Crippen molar-refractivity contribution in [3.05, 3.63) is 200 Å². The second-order valence-corrected chi connectivity index (χ2v) is 25.4. The highest BCUT2D eigenvalue weighted by molar-refractivity contribution is 7.26. The maximum absolute atomic E-state index is 5.27. The van der Waals surface area contributed by atoms with Gasteiger partial charge >= 0.3 is 5.82 Å². The number of thiophene rings is 1. The number of benzene rings is 8.